The number of carboxylic acids is 1. The second-order valence-corrected chi connectivity index (χ2v) is 10.8. The first kappa shape index (κ1) is 42.3. The smallest absolute Gasteiger partial charge is 0.335 e. The standard InChI is InChI=1S/C13H15NO.C7H5ClO.C7H6O2.C6H11N.Cl2OS/c1-3-10-14(11-4-2)13(15)12-8-6-5-7-9-12;2*8-7(9)6-4-2-1-3-5-6;1-3-5-7-6-4-2;1-4(2)3/h3-9H,1-2,10-11H2;1-5H;1-5H,(H,8,9);3-4,7H,1-2,5-6H2;. The van der Waals surface area contributed by atoms with Crippen LogP contribution in [-0.4, -0.2) is 57.5 Å². The number of nitrogens with one attached hydrogen (secondary N) is 1. The number of hydrogen-bond acceptors (Lipinski definition) is 5. The summed E-state index contributed by atoms with van der Waals surface area (Å²) in [4.78, 5) is 34.3. The van der Waals surface area contributed by atoms with Crippen LogP contribution in [0.3, 0.4) is 0 Å². The van der Waals surface area contributed by atoms with Gasteiger partial charge in [-0.25, -0.2) is 9.00 Å². The molecule has 7 nitrogen and oxygen atoms in total. The van der Waals surface area contributed by atoms with Gasteiger partial charge in [0, 0.05) is 58.7 Å². The number of carboxylic acid groups (broad SMARTS) is 1. The molecule has 0 bridgehead atoms. The zero-order valence-electron chi connectivity index (χ0n) is 24.2. The molecule has 0 aliphatic heterocycles. The number of halogens is 3. The van der Waals surface area contributed by atoms with E-state index in [1.165, 1.54) is 0 Å². The first-order chi connectivity index (χ1) is 21.0. The molecule has 0 saturated carbocycles. The Bertz CT molecular complexity index is 1210. The third-order valence-electron chi connectivity index (χ3n) is 4.61. The molecular weight excluding hydrogens is 643 g/mol. The Morgan fingerprint density at radius 1 is 0.682 bits per heavy atom. The normalized spacial score (nSPS) is 8.91. The van der Waals surface area contributed by atoms with Crippen LogP contribution in [-0.2, 0) is 9.23 Å². The SMILES string of the molecule is C=CCN(CC=C)C(=O)c1ccccc1.C=CCNCC=C.O=C(Cl)c1ccccc1.O=C(O)c1ccccc1.O=S(Cl)Cl. The van der Waals surface area contributed by atoms with Crippen molar-refractivity contribution in [1.29, 1.82) is 0 Å². The maximum absolute atomic E-state index is 12.0. The summed E-state index contributed by atoms with van der Waals surface area (Å²) in [5.74, 6) is -0.869. The van der Waals surface area contributed by atoms with Crippen molar-refractivity contribution in [2.45, 2.75) is 0 Å². The molecule has 1 amide bonds. The molecule has 3 rings (SSSR count). The van der Waals surface area contributed by atoms with E-state index in [1.807, 2.05) is 48.6 Å². The number of carbonyl (C=O) groups is 3. The van der Waals surface area contributed by atoms with Gasteiger partial charge in [0.2, 0.25) is 9.23 Å². The van der Waals surface area contributed by atoms with E-state index in [1.54, 1.807) is 71.6 Å². The number of carbonyl (C=O) groups excluding carboxylic acids is 2. The highest BCUT2D eigenvalue weighted by Crippen LogP contribution is 2.05. The van der Waals surface area contributed by atoms with Crippen molar-refractivity contribution in [2.24, 2.45) is 0 Å². The Hall–Kier alpha value is -3.79. The lowest BCUT2D eigenvalue weighted by atomic mass is 10.2. The number of aromatic carboxylic acids is 1. The molecule has 0 saturated heterocycles. The van der Waals surface area contributed by atoms with Crippen LogP contribution in [0.5, 0.6) is 0 Å². The van der Waals surface area contributed by atoms with Gasteiger partial charge in [-0.15, -0.1) is 26.3 Å². The molecule has 44 heavy (non-hydrogen) atoms. The Morgan fingerprint density at radius 2 is 1.02 bits per heavy atom. The molecule has 0 heterocycles. The van der Waals surface area contributed by atoms with Crippen molar-refractivity contribution in [1.82, 2.24) is 10.2 Å². The van der Waals surface area contributed by atoms with Crippen LogP contribution >= 0.6 is 33.0 Å². The summed E-state index contributed by atoms with van der Waals surface area (Å²) in [5, 5.41) is 11.0. The molecule has 0 aliphatic rings. The Morgan fingerprint density at radius 3 is 1.27 bits per heavy atom. The average molecular weight is 680 g/mol. The van der Waals surface area contributed by atoms with Crippen LogP contribution in [0.25, 0.3) is 0 Å². The first-order valence-corrected chi connectivity index (χ1v) is 16.0. The number of benzene rings is 3. The van der Waals surface area contributed by atoms with E-state index >= 15 is 0 Å². The van der Waals surface area contributed by atoms with Gasteiger partial charge in [0.25, 0.3) is 11.1 Å². The minimum atomic E-state index is -1.67. The van der Waals surface area contributed by atoms with Crippen molar-refractivity contribution in [3.05, 3.63) is 158 Å². The van der Waals surface area contributed by atoms with Crippen molar-refractivity contribution in [3.63, 3.8) is 0 Å². The molecule has 0 aromatic heterocycles. The van der Waals surface area contributed by atoms with E-state index in [4.69, 9.17) is 20.9 Å². The van der Waals surface area contributed by atoms with E-state index in [2.05, 4.69) is 53.0 Å². The van der Waals surface area contributed by atoms with Crippen LogP contribution in [0, 0.1) is 0 Å². The Balaban J connectivity index is 0. The van der Waals surface area contributed by atoms with Gasteiger partial charge in [-0.3, -0.25) is 9.59 Å². The molecule has 3 aromatic carbocycles. The van der Waals surface area contributed by atoms with Gasteiger partial charge in [-0.1, -0.05) is 91.0 Å². The Kier molecular flexibility index (Phi) is 28.2. The van der Waals surface area contributed by atoms with Crippen LogP contribution in [0.4, 0.5) is 0 Å². The van der Waals surface area contributed by atoms with Gasteiger partial charge in [-0.2, -0.15) is 0 Å². The monoisotopic (exact) mass is 678 g/mol. The maximum Gasteiger partial charge on any atom is 0.335 e. The van der Waals surface area contributed by atoms with Gasteiger partial charge in [0.15, 0.2) is 0 Å². The van der Waals surface area contributed by atoms with Crippen molar-refractivity contribution in [3.8, 4) is 0 Å². The highest BCUT2D eigenvalue weighted by molar-refractivity contribution is 8.26. The molecule has 11 heteroatoms. The molecule has 3 aromatic rings. The number of amides is 1. The van der Waals surface area contributed by atoms with Crippen LogP contribution in [0.2, 0.25) is 0 Å². The fourth-order valence-electron chi connectivity index (χ4n) is 2.75. The van der Waals surface area contributed by atoms with Crippen LogP contribution in [0.15, 0.2) is 142 Å². The fourth-order valence-corrected chi connectivity index (χ4v) is 2.88. The predicted octanol–water partition coefficient (Wildman–Crippen LogP) is 7.94. The van der Waals surface area contributed by atoms with E-state index in [0.29, 0.717) is 29.8 Å². The molecule has 0 unspecified atom stereocenters. The van der Waals surface area contributed by atoms with Gasteiger partial charge in [0.05, 0.1) is 5.56 Å². The van der Waals surface area contributed by atoms with Gasteiger partial charge in [-0.05, 0) is 35.9 Å². The predicted molar refractivity (Wildman–Crippen MR) is 186 cm³/mol. The highest BCUT2D eigenvalue weighted by Gasteiger charge is 2.11. The zero-order chi connectivity index (χ0) is 33.6. The van der Waals surface area contributed by atoms with E-state index in [-0.39, 0.29) is 5.91 Å². The van der Waals surface area contributed by atoms with Crippen molar-refractivity contribution >= 4 is 59.3 Å². The number of rotatable bonds is 11. The molecular formula is C33H37Cl3N2O5S. The molecule has 0 spiro atoms. The molecule has 236 valence electrons. The summed E-state index contributed by atoms with van der Waals surface area (Å²) in [6, 6.07) is 26.2. The minimum absolute atomic E-state index is 0.00963. The van der Waals surface area contributed by atoms with E-state index in [9.17, 15) is 14.4 Å². The quantitative estimate of drug-likeness (QED) is 0.121. The lowest BCUT2D eigenvalue weighted by molar-refractivity contribution is 0.0696. The van der Waals surface area contributed by atoms with Crippen molar-refractivity contribution < 1.29 is 23.7 Å². The second-order valence-electron chi connectivity index (χ2n) is 7.88. The van der Waals surface area contributed by atoms with Crippen molar-refractivity contribution in [2.75, 3.05) is 26.2 Å². The summed E-state index contributed by atoms with van der Waals surface area (Å²) in [7, 11) is 7.36. The summed E-state index contributed by atoms with van der Waals surface area (Å²) >= 11 is 5.16. The van der Waals surface area contributed by atoms with Crippen LogP contribution in [0.1, 0.15) is 31.1 Å². The number of hydrogen-bond donors (Lipinski definition) is 2. The fraction of sp³-hybridized carbons (Fsp3) is 0.121. The van der Waals surface area contributed by atoms with E-state index in [0.717, 1.165) is 13.1 Å². The molecule has 0 fully saturated rings. The minimum Gasteiger partial charge on any atom is -0.478 e. The van der Waals surface area contributed by atoms with Crippen LogP contribution < -0.4 is 5.32 Å². The molecule has 0 radical (unpaired) electrons. The first-order valence-electron chi connectivity index (χ1n) is 12.8. The van der Waals surface area contributed by atoms with Gasteiger partial charge < -0.3 is 15.3 Å². The third-order valence-corrected chi connectivity index (χ3v) is 4.82. The zero-order valence-corrected chi connectivity index (χ0v) is 27.3. The summed E-state index contributed by atoms with van der Waals surface area (Å²) in [5.41, 5.74) is 1.57. The third kappa shape index (κ3) is 24.8. The summed E-state index contributed by atoms with van der Waals surface area (Å²) in [6.07, 6.45) is 7.07. The second kappa shape index (κ2) is 29.3. The number of nitrogens with zero attached hydrogens (tertiary/aromatic N) is 1. The highest BCUT2D eigenvalue weighted by atomic mass is 36.0. The lowest BCUT2D eigenvalue weighted by Gasteiger charge is -2.19. The van der Waals surface area contributed by atoms with Gasteiger partial charge in [0.1, 0.15) is 0 Å². The Labute approximate surface area is 276 Å². The maximum atomic E-state index is 12.0. The average Bonchev–Trinajstić information content (AvgIpc) is 3.03. The lowest BCUT2D eigenvalue weighted by Crippen LogP contribution is -2.31. The van der Waals surface area contributed by atoms with E-state index < -0.39 is 20.4 Å². The summed E-state index contributed by atoms with van der Waals surface area (Å²) < 4.78 is 9.09. The van der Waals surface area contributed by atoms with Gasteiger partial charge >= 0.3 is 5.97 Å². The molecule has 0 aliphatic carbocycles. The summed E-state index contributed by atoms with van der Waals surface area (Å²) in [6.45, 7) is 17.1. The molecule has 2 N–H and O–H groups in total. The topological polar surface area (TPSA) is 104 Å². The molecule has 0 atom stereocenters. The largest absolute Gasteiger partial charge is 0.478 e.